The molecule has 1 aromatic rings. The molecule has 2 nitrogen and oxygen atoms in total. The van der Waals surface area contributed by atoms with E-state index in [-0.39, 0.29) is 18.9 Å². The van der Waals surface area contributed by atoms with E-state index in [4.69, 9.17) is 0 Å². The molecule has 2 rings (SSSR count). The first-order chi connectivity index (χ1) is 8.39. The standard InChI is InChI=1S/C14H17F2NO/c1-10(2)11-3-5-12(6-4-11)13(18)17-8-7-14(15,16)9-17/h3-6,10H,7-9H2,1-2H3. The van der Waals surface area contributed by atoms with Gasteiger partial charge in [0.05, 0.1) is 6.54 Å². The molecular formula is C14H17F2NO. The Morgan fingerprint density at radius 1 is 1.28 bits per heavy atom. The molecule has 0 aliphatic carbocycles. The van der Waals surface area contributed by atoms with E-state index in [2.05, 4.69) is 13.8 Å². The number of carbonyl (C=O) groups excluding carboxylic acids is 1. The highest BCUT2D eigenvalue weighted by Gasteiger charge is 2.40. The van der Waals surface area contributed by atoms with Crippen molar-refractivity contribution in [2.24, 2.45) is 0 Å². The summed E-state index contributed by atoms with van der Waals surface area (Å²) in [6.45, 7) is 3.81. The monoisotopic (exact) mass is 253 g/mol. The summed E-state index contributed by atoms with van der Waals surface area (Å²) in [7, 11) is 0. The number of hydrogen-bond donors (Lipinski definition) is 0. The van der Waals surface area contributed by atoms with E-state index in [1.165, 1.54) is 4.90 Å². The first-order valence-corrected chi connectivity index (χ1v) is 6.16. The zero-order chi connectivity index (χ0) is 13.3. The number of amides is 1. The minimum Gasteiger partial charge on any atom is -0.332 e. The molecule has 1 saturated heterocycles. The maximum atomic E-state index is 13.0. The molecule has 1 aliphatic heterocycles. The SMILES string of the molecule is CC(C)c1ccc(C(=O)N2CCC(F)(F)C2)cc1. The van der Waals surface area contributed by atoms with E-state index in [0.29, 0.717) is 11.5 Å². The van der Waals surface area contributed by atoms with Gasteiger partial charge in [0.25, 0.3) is 11.8 Å². The van der Waals surface area contributed by atoms with Crippen LogP contribution >= 0.6 is 0 Å². The quantitative estimate of drug-likeness (QED) is 0.792. The lowest BCUT2D eigenvalue weighted by Crippen LogP contribution is -2.31. The smallest absolute Gasteiger partial charge is 0.267 e. The number of rotatable bonds is 2. The lowest BCUT2D eigenvalue weighted by Gasteiger charge is -2.16. The highest BCUT2D eigenvalue weighted by molar-refractivity contribution is 5.94. The number of hydrogen-bond acceptors (Lipinski definition) is 1. The third kappa shape index (κ3) is 2.68. The fraction of sp³-hybridized carbons (Fsp3) is 0.500. The molecule has 0 atom stereocenters. The Bertz CT molecular complexity index is 440. The van der Waals surface area contributed by atoms with E-state index < -0.39 is 12.5 Å². The van der Waals surface area contributed by atoms with Crippen LogP contribution in [0.3, 0.4) is 0 Å². The van der Waals surface area contributed by atoms with E-state index in [0.717, 1.165) is 5.56 Å². The molecule has 4 heteroatoms. The van der Waals surface area contributed by atoms with E-state index in [1.807, 2.05) is 12.1 Å². The van der Waals surface area contributed by atoms with Gasteiger partial charge >= 0.3 is 0 Å². The van der Waals surface area contributed by atoms with Gasteiger partial charge < -0.3 is 4.90 Å². The van der Waals surface area contributed by atoms with E-state index in [1.54, 1.807) is 12.1 Å². The lowest BCUT2D eigenvalue weighted by atomic mass is 10.0. The molecule has 98 valence electrons. The molecule has 0 bridgehead atoms. The van der Waals surface area contributed by atoms with Gasteiger partial charge in [-0.25, -0.2) is 8.78 Å². The summed E-state index contributed by atoms with van der Waals surface area (Å²) in [6, 6.07) is 7.19. The topological polar surface area (TPSA) is 20.3 Å². The van der Waals surface area contributed by atoms with Gasteiger partial charge in [-0.05, 0) is 23.6 Å². The van der Waals surface area contributed by atoms with Crippen molar-refractivity contribution in [1.82, 2.24) is 4.90 Å². The van der Waals surface area contributed by atoms with Crippen LogP contribution in [0, 0.1) is 0 Å². The predicted octanol–water partition coefficient (Wildman–Crippen LogP) is 3.29. The van der Waals surface area contributed by atoms with Crippen molar-refractivity contribution >= 4 is 5.91 Å². The molecule has 0 unspecified atom stereocenters. The van der Waals surface area contributed by atoms with Gasteiger partial charge in [-0.1, -0.05) is 26.0 Å². The molecule has 0 radical (unpaired) electrons. The van der Waals surface area contributed by atoms with Gasteiger partial charge in [-0.2, -0.15) is 0 Å². The molecule has 0 saturated carbocycles. The van der Waals surface area contributed by atoms with Gasteiger partial charge in [0.15, 0.2) is 0 Å². The Balaban J connectivity index is 2.10. The number of carbonyl (C=O) groups is 1. The third-order valence-corrected chi connectivity index (χ3v) is 3.28. The first kappa shape index (κ1) is 13.0. The second kappa shape index (κ2) is 4.67. The summed E-state index contributed by atoms with van der Waals surface area (Å²) < 4.78 is 26.1. The van der Waals surface area contributed by atoms with Crippen LogP contribution in [0.1, 0.15) is 42.1 Å². The second-order valence-electron chi connectivity index (χ2n) is 5.11. The molecule has 1 aliphatic rings. The Morgan fingerprint density at radius 2 is 1.89 bits per heavy atom. The molecule has 18 heavy (non-hydrogen) atoms. The summed E-state index contributed by atoms with van der Waals surface area (Å²) in [5.74, 6) is -2.64. The van der Waals surface area contributed by atoms with Gasteiger partial charge in [-0.3, -0.25) is 4.79 Å². The summed E-state index contributed by atoms with van der Waals surface area (Å²) in [6.07, 6.45) is -0.233. The minimum atomic E-state index is -2.73. The van der Waals surface area contributed by atoms with Crippen molar-refractivity contribution in [2.75, 3.05) is 13.1 Å². The van der Waals surface area contributed by atoms with Crippen LogP contribution in [0.4, 0.5) is 8.78 Å². The van der Waals surface area contributed by atoms with Gasteiger partial charge in [0.2, 0.25) is 0 Å². The Morgan fingerprint density at radius 3 is 2.33 bits per heavy atom. The molecule has 0 aromatic heterocycles. The van der Waals surface area contributed by atoms with Crippen LogP contribution in [0.15, 0.2) is 24.3 Å². The number of alkyl halides is 2. The molecule has 1 fully saturated rings. The number of benzene rings is 1. The summed E-state index contributed by atoms with van der Waals surface area (Å²) in [4.78, 5) is 13.2. The maximum absolute atomic E-state index is 13.0. The van der Waals surface area contributed by atoms with Crippen LogP contribution in [-0.2, 0) is 0 Å². The van der Waals surface area contributed by atoms with Crippen molar-refractivity contribution < 1.29 is 13.6 Å². The first-order valence-electron chi connectivity index (χ1n) is 6.16. The maximum Gasteiger partial charge on any atom is 0.267 e. The molecule has 1 aromatic carbocycles. The fourth-order valence-electron chi connectivity index (χ4n) is 2.10. The van der Waals surface area contributed by atoms with E-state index in [9.17, 15) is 13.6 Å². The van der Waals surface area contributed by atoms with Crippen LogP contribution in [0.5, 0.6) is 0 Å². The number of halogens is 2. The highest BCUT2D eigenvalue weighted by Crippen LogP contribution is 2.28. The van der Waals surface area contributed by atoms with Gasteiger partial charge in [0.1, 0.15) is 0 Å². The van der Waals surface area contributed by atoms with Crippen molar-refractivity contribution in [1.29, 1.82) is 0 Å². The van der Waals surface area contributed by atoms with Crippen LogP contribution in [-0.4, -0.2) is 29.8 Å². The van der Waals surface area contributed by atoms with Gasteiger partial charge in [-0.15, -0.1) is 0 Å². The lowest BCUT2D eigenvalue weighted by molar-refractivity contribution is 0.0120. The molecule has 1 amide bonds. The van der Waals surface area contributed by atoms with Crippen LogP contribution in [0.2, 0.25) is 0 Å². The normalized spacial score (nSPS) is 18.4. The highest BCUT2D eigenvalue weighted by atomic mass is 19.3. The minimum absolute atomic E-state index is 0.137. The van der Waals surface area contributed by atoms with Crippen molar-refractivity contribution in [2.45, 2.75) is 32.1 Å². The summed E-state index contributed by atoms with van der Waals surface area (Å²) >= 11 is 0. The average molecular weight is 253 g/mol. The zero-order valence-corrected chi connectivity index (χ0v) is 10.6. The molecular weight excluding hydrogens is 236 g/mol. The number of nitrogens with zero attached hydrogens (tertiary/aromatic N) is 1. The average Bonchev–Trinajstić information content (AvgIpc) is 2.69. The largest absolute Gasteiger partial charge is 0.332 e. The Kier molecular flexibility index (Phi) is 3.37. The van der Waals surface area contributed by atoms with E-state index >= 15 is 0 Å². The van der Waals surface area contributed by atoms with Gasteiger partial charge in [0, 0.05) is 18.5 Å². The molecule has 0 N–H and O–H groups in total. The summed E-state index contributed by atoms with van der Waals surface area (Å²) in [5.41, 5.74) is 1.62. The van der Waals surface area contributed by atoms with Crippen molar-refractivity contribution in [3.63, 3.8) is 0 Å². The summed E-state index contributed by atoms with van der Waals surface area (Å²) in [5, 5.41) is 0. The Labute approximate surface area is 106 Å². The molecule has 1 heterocycles. The van der Waals surface area contributed by atoms with Crippen molar-refractivity contribution in [3.05, 3.63) is 35.4 Å². The Hall–Kier alpha value is -1.45. The molecule has 0 spiro atoms. The zero-order valence-electron chi connectivity index (χ0n) is 10.6. The third-order valence-electron chi connectivity index (χ3n) is 3.28. The fourth-order valence-corrected chi connectivity index (χ4v) is 2.10. The number of likely N-dealkylation sites (tertiary alicyclic amines) is 1. The van der Waals surface area contributed by atoms with Crippen LogP contribution in [0.25, 0.3) is 0 Å². The predicted molar refractivity (Wildman–Crippen MR) is 66.0 cm³/mol. The second-order valence-corrected chi connectivity index (χ2v) is 5.11. The van der Waals surface area contributed by atoms with Crippen molar-refractivity contribution in [3.8, 4) is 0 Å². The van der Waals surface area contributed by atoms with Crippen LogP contribution < -0.4 is 0 Å².